The quantitative estimate of drug-likeness (QED) is 0.562. The Balaban J connectivity index is 1.54. The summed E-state index contributed by atoms with van der Waals surface area (Å²) in [6.45, 7) is 2.49. The van der Waals surface area contributed by atoms with Crippen LogP contribution in [-0.2, 0) is 17.8 Å². The number of carbonyl (C=O) groups excluding carboxylic acids is 1. The van der Waals surface area contributed by atoms with Crippen LogP contribution < -0.4 is 4.74 Å². The number of likely N-dealkylation sites (tertiary alicyclic amines) is 1. The predicted octanol–water partition coefficient (Wildman–Crippen LogP) is 4.28. The molecule has 5 heteroatoms. The molecule has 0 aliphatic carbocycles. The monoisotopic (exact) mass is 429 g/mol. The molecule has 1 saturated heterocycles. The number of hydrogen-bond donors (Lipinski definition) is 0. The number of carbonyl (C=O) groups is 1. The van der Waals surface area contributed by atoms with Crippen LogP contribution in [0.3, 0.4) is 0 Å². The van der Waals surface area contributed by atoms with Crippen LogP contribution in [0.1, 0.15) is 17.5 Å². The molecule has 0 bridgehead atoms. The van der Waals surface area contributed by atoms with Crippen molar-refractivity contribution < 1.29 is 9.53 Å². The van der Waals surface area contributed by atoms with E-state index in [9.17, 15) is 4.79 Å². The van der Waals surface area contributed by atoms with Crippen LogP contribution in [-0.4, -0.2) is 55.0 Å². The van der Waals surface area contributed by atoms with E-state index in [0.29, 0.717) is 0 Å². The molecule has 5 nitrogen and oxygen atoms in total. The number of hydrogen-bond acceptors (Lipinski definition) is 4. The lowest BCUT2D eigenvalue weighted by Gasteiger charge is -2.31. The molecule has 2 heterocycles. The van der Waals surface area contributed by atoms with Gasteiger partial charge in [-0.1, -0.05) is 48.5 Å². The highest BCUT2D eigenvalue weighted by atomic mass is 16.5. The minimum absolute atomic E-state index is 0.208. The van der Waals surface area contributed by atoms with Gasteiger partial charge in [-0.2, -0.15) is 0 Å². The Hall–Kier alpha value is -3.18. The number of ether oxygens (including phenoxy) is 1. The van der Waals surface area contributed by atoms with Gasteiger partial charge in [-0.15, -0.1) is 0 Å². The summed E-state index contributed by atoms with van der Waals surface area (Å²) in [4.78, 5) is 21.7. The van der Waals surface area contributed by atoms with Gasteiger partial charge in [0.05, 0.1) is 12.5 Å². The highest BCUT2D eigenvalue weighted by Gasteiger charge is 2.45. The van der Waals surface area contributed by atoms with Crippen LogP contribution >= 0.6 is 0 Å². The van der Waals surface area contributed by atoms with Crippen molar-refractivity contribution in [1.82, 2.24) is 14.8 Å². The van der Waals surface area contributed by atoms with E-state index in [2.05, 4.69) is 46.3 Å². The molecule has 2 aromatic carbocycles. The normalized spacial score (nSPS) is 18.5. The average molecular weight is 430 g/mol. The lowest BCUT2D eigenvalue weighted by Crippen LogP contribution is -2.43. The molecule has 166 valence electrons. The molecule has 1 amide bonds. The molecule has 1 aliphatic heterocycles. The van der Waals surface area contributed by atoms with Gasteiger partial charge in [0, 0.05) is 45.1 Å². The maximum atomic E-state index is 13.3. The molecule has 1 aromatic heterocycles. The largest absolute Gasteiger partial charge is 0.496 e. The molecule has 0 saturated carbocycles. The summed E-state index contributed by atoms with van der Waals surface area (Å²) < 4.78 is 5.51. The third-order valence-electron chi connectivity index (χ3n) is 6.34. The van der Waals surface area contributed by atoms with Gasteiger partial charge in [-0.05, 0) is 48.2 Å². The van der Waals surface area contributed by atoms with Gasteiger partial charge in [0.1, 0.15) is 5.75 Å². The lowest BCUT2D eigenvalue weighted by molar-refractivity contribution is -0.138. The van der Waals surface area contributed by atoms with Gasteiger partial charge in [0.15, 0.2) is 0 Å². The van der Waals surface area contributed by atoms with Crippen LogP contribution in [0.15, 0.2) is 73.1 Å². The Morgan fingerprint density at radius 3 is 2.53 bits per heavy atom. The topological polar surface area (TPSA) is 45.7 Å². The molecule has 1 aliphatic rings. The predicted molar refractivity (Wildman–Crippen MR) is 127 cm³/mol. The van der Waals surface area contributed by atoms with Crippen molar-refractivity contribution in [3.05, 3.63) is 84.2 Å². The number of nitrogens with zero attached hydrogens (tertiary/aromatic N) is 3. The Kier molecular flexibility index (Phi) is 6.56. The summed E-state index contributed by atoms with van der Waals surface area (Å²) in [6, 6.07) is 20.7. The number of benzene rings is 2. The molecule has 1 fully saturated rings. The first-order valence-electron chi connectivity index (χ1n) is 11.1. The fourth-order valence-corrected chi connectivity index (χ4v) is 4.79. The molecular formula is C27H31N3O2. The molecule has 3 aromatic rings. The molecule has 1 unspecified atom stereocenters. The number of methoxy groups -OCH3 is 1. The Morgan fingerprint density at radius 1 is 1.06 bits per heavy atom. The lowest BCUT2D eigenvalue weighted by atomic mass is 9.79. The number of aromatic nitrogens is 1. The average Bonchev–Trinajstić information content (AvgIpc) is 3.22. The van der Waals surface area contributed by atoms with E-state index >= 15 is 0 Å². The SMILES string of the molecule is COc1ccccc1-c1ccc(CC2(C(=O)N(C)C)CCN(Cc3cccnc3)C2)cc1. The first-order chi connectivity index (χ1) is 15.5. The van der Waals surface area contributed by atoms with Crippen molar-refractivity contribution in [3.8, 4) is 16.9 Å². The second-order valence-electron chi connectivity index (χ2n) is 8.88. The first kappa shape index (κ1) is 22.0. The second kappa shape index (κ2) is 9.53. The van der Waals surface area contributed by atoms with E-state index in [-0.39, 0.29) is 5.91 Å². The van der Waals surface area contributed by atoms with Crippen LogP contribution in [0.25, 0.3) is 11.1 Å². The molecular weight excluding hydrogens is 398 g/mol. The zero-order chi connectivity index (χ0) is 22.6. The summed E-state index contributed by atoms with van der Waals surface area (Å²) in [5, 5.41) is 0. The van der Waals surface area contributed by atoms with Crippen molar-refractivity contribution >= 4 is 5.91 Å². The van der Waals surface area contributed by atoms with E-state index in [1.165, 1.54) is 11.1 Å². The Morgan fingerprint density at radius 2 is 1.84 bits per heavy atom. The van der Waals surface area contributed by atoms with Crippen molar-refractivity contribution in [1.29, 1.82) is 0 Å². The summed E-state index contributed by atoms with van der Waals surface area (Å²) in [5.41, 5.74) is 4.15. The highest BCUT2D eigenvalue weighted by Crippen LogP contribution is 2.37. The zero-order valence-corrected chi connectivity index (χ0v) is 19.1. The summed E-state index contributed by atoms with van der Waals surface area (Å²) in [7, 11) is 5.42. The summed E-state index contributed by atoms with van der Waals surface area (Å²) >= 11 is 0. The van der Waals surface area contributed by atoms with Crippen molar-refractivity contribution in [3.63, 3.8) is 0 Å². The van der Waals surface area contributed by atoms with Gasteiger partial charge in [0.2, 0.25) is 5.91 Å². The first-order valence-corrected chi connectivity index (χ1v) is 11.1. The van der Waals surface area contributed by atoms with Gasteiger partial charge >= 0.3 is 0 Å². The van der Waals surface area contributed by atoms with Crippen LogP contribution in [0.4, 0.5) is 0 Å². The molecule has 1 atom stereocenters. The number of pyridine rings is 1. The van der Waals surface area contributed by atoms with E-state index in [1.807, 2.05) is 44.6 Å². The van der Waals surface area contributed by atoms with Crippen molar-refractivity contribution in [2.24, 2.45) is 5.41 Å². The minimum Gasteiger partial charge on any atom is -0.496 e. The Labute approximate surface area is 190 Å². The van der Waals surface area contributed by atoms with E-state index < -0.39 is 5.41 Å². The molecule has 0 spiro atoms. The summed E-state index contributed by atoms with van der Waals surface area (Å²) in [5.74, 6) is 1.07. The van der Waals surface area contributed by atoms with Crippen LogP contribution in [0.5, 0.6) is 5.75 Å². The van der Waals surface area contributed by atoms with Gasteiger partial charge < -0.3 is 9.64 Å². The van der Waals surface area contributed by atoms with Crippen molar-refractivity contribution in [2.45, 2.75) is 19.4 Å². The second-order valence-corrected chi connectivity index (χ2v) is 8.88. The van der Waals surface area contributed by atoms with Crippen LogP contribution in [0.2, 0.25) is 0 Å². The van der Waals surface area contributed by atoms with Gasteiger partial charge in [0.25, 0.3) is 0 Å². The van der Waals surface area contributed by atoms with Gasteiger partial charge in [-0.25, -0.2) is 0 Å². The third-order valence-corrected chi connectivity index (χ3v) is 6.34. The summed E-state index contributed by atoms with van der Waals surface area (Å²) in [6.07, 6.45) is 5.30. The maximum Gasteiger partial charge on any atom is 0.229 e. The smallest absolute Gasteiger partial charge is 0.229 e. The Bertz CT molecular complexity index is 1050. The third kappa shape index (κ3) is 4.68. The zero-order valence-electron chi connectivity index (χ0n) is 19.1. The minimum atomic E-state index is -0.405. The fourth-order valence-electron chi connectivity index (χ4n) is 4.79. The highest BCUT2D eigenvalue weighted by molar-refractivity contribution is 5.83. The van der Waals surface area contributed by atoms with Gasteiger partial charge in [-0.3, -0.25) is 14.7 Å². The van der Waals surface area contributed by atoms with Crippen molar-refractivity contribution in [2.75, 3.05) is 34.3 Å². The maximum absolute atomic E-state index is 13.3. The standard InChI is InChI=1S/C27H31N3O2/c1-29(2)26(31)27(14-16-30(20-27)19-22-7-6-15-28-18-22)17-21-10-12-23(13-11-21)24-8-4-5-9-25(24)32-3/h4-13,15,18H,14,16-17,19-20H2,1-3H3. The molecule has 0 N–H and O–H groups in total. The molecule has 32 heavy (non-hydrogen) atoms. The number of amides is 1. The van der Waals surface area contributed by atoms with Crippen LogP contribution in [0, 0.1) is 5.41 Å². The molecule has 0 radical (unpaired) electrons. The molecule has 4 rings (SSSR count). The van der Waals surface area contributed by atoms with E-state index in [4.69, 9.17) is 4.74 Å². The van der Waals surface area contributed by atoms with E-state index in [1.54, 1.807) is 18.2 Å². The number of rotatable bonds is 7. The number of para-hydroxylation sites is 1. The van der Waals surface area contributed by atoms with E-state index in [0.717, 1.165) is 49.4 Å². The fraction of sp³-hybridized carbons (Fsp3) is 0.333.